The molecule has 0 saturated carbocycles. The fourth-order valence-corrected chi connectivity index (χ4v) is 2.00. The van der Waals surface area contributed by atoms with Crippen LogP contribution in [0.1, 0.15) is 26.4 Å². The Kier molecular flexibility index (Phi) is 3.43. The highest BCUT2D eigenvalue weighted by Crippen LogP contribution is 2.22. The molecule has 1 aromatic heterocycles. The first-order valence-corrected chi connectivity index (χ1v) is 5.84. The molecule has 104 valence electrons. The van der Waals surface area contributed by atoms with E-state index in [1.54, 1.807) is 25.1 Å². The first kappa shape index (κ1) is 13.6. The average Bonchev–Trinajstić information content (AvgIpc) is 2.74. The van der Waals surface area contributed by atoms with Crippen LogP contribution in [0.25, 0.3) is 10.9 Å². The van der Waals surface area contributed by atoms with Crippen molar-refractivity contribution in [3.8, 4) is 0 Å². The summed E-state index contributed by atoms with van der Waals surface area (Å²) in [5, 5.41) is 0.832. The number of guanidine groups is 1. The summed E-state index contributed by atoms with van der Waals surface area (Å²) in [4.78, 5) is 28.6. The van der Waals surface area contributed by atoms with Gasteiger partial charge in [0.1, 0.15) is 5.69 Å². The Labute approximate surface area is 114 Å². The summed E-state index contributed by atoms with van der Waals surface area (Å²) in [5.41, 5.74) is 12.6. The zero-order valence-electron chi connectivity index (χ0n) is 11.1. The standard InChI is InChI=1S/C13H14N4O3/c1-6-8-4-3-7(12(19)20-2)5-9(8)16-10(6)11(18)17-13(14)15/h3-5,16H,1-2H3,(H4,14,15,17,18)/p+1. The number of rotatable bonds is 2. The summed E-state index contributed by atoms with van der Waals surface area (Å²) in [5.74, 6) is -1.05. The quantitative estimate of drug-likeness (QED) is 0.310. The van der Waals surface area contributed by atoms with Gasteiger partial charge < -0.3 is 9.72 Å². The molecule has 0 bridgehead atoms. The lowest BCUT2D eigenvalue weighted by molar-refractivity contribution is -0.347. The molecule has 7 heteroatoms. The zero-order valence-corrected chi connectivity index (χ0v) is 11.1. The Morgan fingerprint density at radius 1 is 1.30 bits per heavy atom. The van der Waals surface area contributed by atoms with Crippen molar-refractivity contribution in [3.05, 3.63) is 35.0 Å². The van der Waals surface area contributed by atoms with Crippen molar-refractivity contribution in [2.24, 2.45) is 11.5 Å². The Hall–Kier alpha value is -2.83. The van der Waals surface area contributed by atoms with Gasteiger partial charge in [-0.25, -0.2) is 14.6 Å². The molecule has 0 aliphatic rings. The number of hydrogen-bond acceptors (Lipinski definition) is 3. The van der Waals surface area contributed by atoms with E-state index in [4.69, 9.17) is 11.5 Å². The molecule has 20 heavy (non-hydrogen) atoms. The zero-order chi connectivity index (χ0) is 14.9. The van der Waals surface area contributed by atoms with Crippen LogP contribution in [0, 0.1) is 6.92 Å². The van der Waals surface area contributed by atoms with Crippen molar-refractivity contribution in [3.63, 3.8) is 0 Å². The van der Waals surface area contributed by atoms with Gasteiger partial charge in [-0.05, 0) is 24.6 Å². The SMILES string of the molecule is COC(=O)c1ccc2c(C)c(C(=O)[NH+]=C(N)N)[nH]c2c1. The molecule has 0 radical (unpaired) electrons. The van der Waals surface area contributed by atoms with E-state index in [0.717, 1.165) is 10.9 Å². The summed E-state index contributed by atoms with van der Waals surface area (Å²) in [6.45, 7) is 1.79. The van der Waals surface area contributed by atoms with E-state index in [0.29, 0.717) is 16.8 Å². The van der Waals surface area contributed by atoms with E-state index in [2.05, 4.69) is 14.7 Å². The van der Waals surface area contributed by atoms with Gasteiger partial charge in [-0.1, -0.05) is 6.07 Å². The van der Waals surface area contributed by atoms with Crippen LogP contribution in [-0.2, 0) is 4.74 Å². The predicted molar refractivity (Wildman–Crippen MR) is 73.1 cm³/mol. The monoisotopic (exact) mass is 275 g/mol. The number of fused-ring (bicyclic) bond motifs is 1. The van der Waals surface area contributed by atoms with Crippen molar-refractivity contribution in [2.75, 3.05) is 7.11 Å². The molecule has 2 rings (SSSR count). The topological polar surface area (TPSA) is 125 Å². The van der Waals surface area contributed by atoms with Crippen LogP contribution in [0.3, 0.4) is 0 Å². The number of carbonyl (C=O) groups is 2. The van der Waals surface area contributed by atoms with Gasteiger partial charge in [0.2, 0.25) is 0 Å². The molecule has 0 saturated heterocycles. The second-order valence-corrected chi connectivity index (χ2v) is 4.29. The normalized spacial score (nSPS) is 10.3. The van der Waals surface area contributed by atoms with Crippen LogP contribution in [0.5, 0.6) is 0 Å². The molecular weight excluding hydrogens is 260 g/mol. The van der Waals surface area contributed by atoms with Gasteiger partial charge in [-0.2, -0.15) is 0 Å². The van der Waals surface area contributed by atoms with E-state index >= 15 is 0 Å². The number of esters is 1. The van der Waals surface area contributed by atoms with Crippen LogP contribution in [0.2, 0.25) is 0 Å². The minimum atomic E-state index is -0.440. The summed E-state index contributed by atoms with van der Waals surface area (Å²) in [6.07, 6.45) is 0. The Morgan fingerprint density at radius 2 is 2.00 bits per heavy atom. The van der Waals surface area contributed by atoms with Crippen LogP contribution in [0.4, 0.5) is 0 Å². The molecule has 0 spiro atoms. The number of ether oxygens (including phenoxy) is 1. The number of aromatic nitrogens is 1. The molecule has 0 unspecified atom stereocenters. The van der Waals surface area contributed by atoms with Gasteiger partial charge >= 0.3 is 17.8 Å². The number of hydrogen-bond donors (Lipinski definition) is 4. The highest BCUT2D eigenvalue weighted by atomic mass is 16.5. The van der Waals surface area contributed by atoms with Crippen molar-refractivity contribution in [1.29, 1.82) is 0 Å². The first-order valence-electron chi connectivity index (χ1n) is 5.84. The molecule has 6 N–H and O–H groups in total. The maximum Gasteiger partial charge on any atom is 0.346 e. The lowest BCUT2D eigenvalue weighted by Crippen LogP contribution is -2.81. The highest BCUT2D eigenvalue weighted by Gasteiger charge is 2.17. The summed E-state index contributed by atoms with van der Waals surface area (Å²) >= 11 is 0. The van der Waals surface area contributed by atoms with E-state index in [1.807, 2.05) is 0 Å². The predicted octanol–water partition coefficient (Wildman–Crippen LogP) is -1.24. The van der Waals surface area contributed by atoms with E-state index < -0.39 is 11.9 Å². The molecule has 0 aliphatic heterocycles. The minimum absolute atomic E-state index is 0.177. The molecule has 0 atom stereocenters. The molecule has 1 heterocycles. The van der Waals surface area contributed by atoms with Gasteiger partial charge in [0.25, 0.3) is 0 Å². The minimum Gasteiger partial charge on any atom is -0.465 e. The summed E-state index contributed by atoms with van der Waals surface area (Å²) in [6, 6.07) is 5.01. The highest BCUT2D eigenvalue weighted by molar-refractivity contribution is 6.00. The number of carbonyl (C=O) groups excluding carboxylic acids is 2. The Morgan fingerprint density at radius 3 is 2.60 bits per heavy atom. The molecule has 0 aliphatic carbocycles. The third-order valence-corrected chi connectivity index (χ3v) is 2.96. The maximum atomic E-state index is 11.9. The van der Waals surface area contributed by atoms with E-state index in [9.17, 15) is 9.59 Å². The fourth-order valence-electron chi connectivity index (χ4n) is 2.00. The van der Waals surface area contributed by atoms with Crippen LogP contribution in [-0.4, -0.2) is 29.9 Å². The molecule has 7 nitrogen and oxygen atoms in total. The fraction of sp³-hybridized carbons (Fsp3) is 0.154. The number of aryl methyl sites for hydroxylation is 1. The number of nitrogens with one attached hydrogen (secondary N) is 2. The number of nitrogens with two attached hydrogens (primary N) is 2. The number of amides is 1. The Balaban J connectivity index is 2.55. The van der Waals surface area contributed by atoms with Crippen LogP contribution >= 0.6 is 0 Å². The van der Waals surface area contributed by atoms with Crippen LogP contribution in [0.15, 0.2) is 18.2 Å². The largest absolute Gasteiger partial charge is 0.465 e. The third kappa shape index (κ3) is 2.33. The maximum absolute atomic E-state index is 11.9. The molecule has 1 amide bonds. The van der Waals surface area contributed by atoms with Gasteiger partial charge in [-0.3, -0.25) is 11.5 Å². The van der Waals surface area contributed by atoms with Gasteiger partial charge in [-0.15, -0.1) is 0 Å². The van der Waals surface area contributed by atoms with Crippen molar-refractivity contribution < 1.29 is 19.3 Å². The van der Waals surface area contributed by atoms with E-state index in [1.165, 1.54) is 7.11 Å². The van der Waals surface area contributed by atoms with Crippen molar-refractivity contribution >= 4 is 28.7 Å². The summed E-state index contributed by atoms with van der Waals surface area (Å²) < 4.78 is 4.65. The lowest BCUT2D eigenvalue weighted by atomic mass is 10.1. The first-order chi connectivity index (χ1) is 9.43. The van der Waals surface area contributed by atoms with Gasteiger partial charge in [0.15, 0.2) is 0 Å². The number of aromatic amines is 1. The third-order valence-electron chi connectivity index (χ3n) is 2.96. The van der Waals surface area contributed by atoms with Crippen molar-refractivity contribution in [1.82, 2.24) is 4.98 Å². The molecule has 1 aromatic carbocycles. The van der Waals surface area contributed by atoms with Crippen molar-refractivity contribution in [2.45, 2.75) is 6.92 Å². The van der Waals surface area contributed by atoms with Gasteiger partial charge in [0, 0.05) is 10.9 Å². The number of H-pyrrole nitrogens is 1. The number of methoxy groups -OCH3 is 1. The molecule has 0 fully saturated rings. The number of benzene rings is 1. The van der Waals surface area contributed by atoms with Crippen LogP contribution < -0.4 is 16.5 Å². The smallest absolute Gasteiger partial charge is 0.346 e. The second kappa shape index (κ2) is 5.04. The second-order valence-electron chi connectivity index (χ2n) is 4.29. The Bertz CT molecular complexity index is 727. The van der Waals surface area contributed by atoms with Gasteiger partial charge in [0.05, 0.1) is 12.7 Å². The average molecular weight is 275 g/mol. The molecular formula is C13H15N4O3+. The van der Waals surface area contributed by atoms with E-state index in [-0.39, 0.29) is 5.96 Å². The summed E-state index contributed by atoms with van der Waals surface area (Å²) in [7, 11) is 1.31. The molecule has 2 aromatic rings. The lowest BCUT2D eigenvalue weighted by Gasteiger charge is -1.98.